The second kappa shape index (κ2) is 8.19. The number of ketones is 1. The molecule has 6 unspecified atom stereocenters. The summed E-state index contributed by atoms with van der Waals surface area (Å²) >= 11 is 0. The lowest BCUT2D eigenvalue weighted by Gasteiger charge is -2.40. The van der Waals surface area contributed by atoms with Gasteiger partial charge in [0.1, 0.15) is 47.4 Å². The number of benzene rings is 3. The van der Waals surface area contributed by atoms with Crippen LogP contribution in [0.25, 0.3) is 10.8 Å². The van der Waals surface area contributed by atoms with Crippen molar-refractivity contribution in [3.05, 3.63) is 71.8 Å². The minimum atomic E-state index is -1.58. The lowest BCUT2D eigenvalue weighted by molar-refractivity contribution is -0.277. The van der Waals surface area contributed by atoms with Crippen LogP contribution in [0.15, 0.2) is 60.7 Å². The molecule has 0 saturated carbocycles. The molecule has 1 fully saturated rings. The summed E-state index contributed by atoms with van der Waals surface area (Å²) in [6.45, 7) is -0.578. The molecule has 6 rings (SSSR count). The fourth-order valence-corrected chi connectivity index (χ4v) is 4.85. The highest BCUT2D eigenvalue weighted by atomic mass is 16.7. The van der Waals surface area contributed by atoms with Crippen molar-refractivity contribution >= 4 is 16.6 Å². The van der Waals surface area contributed by atoms with Gasteiger partial charge in [0.2, 0.25) is 6.29 Å². The van der Waals surface area contributed by atoms with Gasteiger partial charge >= 0.3 is 0 Å². The number of phenolic OH excluding ortho intramolecular Hbond substituents is 1. The van der Waals surface area contributed by atoms with E-state index in [-0.39, 0.29) is 22.8 Å². The predicted octanol–water partition coefficient (Wildman–Crippen LogP) is 1.10. The van der Waals surface area contributed by atoms with Crippen molar-refractivity contribution in [1.82, 2.24) is 0 Å². The Morgan fingerprint density at radius 3 is 2.44 bits per heavy atom. The van der Waals surface area contributed by atoms with Crippen molar-refractivity contribution in [3.63, 3.8) is 0 Å². The Morgan fingerprint density at radius 2 is 1.67 bits per heavy atom. The monoisotopic (exact) mass is 494 g/mol. The summed E-state index contributed by atoms with van der Waals surface area (Å²) in [5, 5.41) is 51.4. The van der Waals surface area contributed by atoms with E-state index in [0.29, 0.717) is 27.8 Å². The van der Waals surface area contributed by atoms with Crippen LogP contribution >= 0.6 is 0 Å². The van der Waals surface area contributed by atoms with Gasteiger partial charge in [-0.3, -0.25) is 4.79 Å². The van der Waals surface area contributed by atoms with Gasteiger partial charge < -0.3 is 44.5 Å². The van der Waals surface area contributed by atoms with Gasteiger partial charge in [-0.2, -0.15) is 0 Å². The molecule has 10 heteroatoms. The zero-order valence-electron chi connectivity index (χ0n) is 18.6. The SMILES string of the molecule is O=C1C=CC2(Oc3cccc4c(OC5OC(CO)C(O)C(O)C5O)ccc(c34)O2)c2cccc(O)c21. The maximum absolute atomic E-state index is 12.5. The molecule has 0 bridgehead atoms. The van der Waals surface area contributed by atoms with Crippen LogP contribution in [-0.2, 0) is 10.5 Å². The van der Waals surface area contributed by atoms with E-state index in [1.165, 1.54) is 18.2 Å². The largest absolute Gasteiger partial charge is 0.507 e. The fourth-order valence-electron chi connectivity index (χ4n) is 4.85. The van der Waals surface area contributed by atoms with E-state index in [9.17, 15) is 30.3 Å². The Kier molecular flexibility index (Phi) is 5.18. The van der Waals surface area contributed by atoms with Crippen LogP contribution in [0.1, 0.15) is 15.9 Å². The van der Waals surface area contributed by atoms with Crippen LogP contribution in [0.5, 0.6) is 23.0 Å². The van der Waals surface area contributed by atoms with Crippen LogP contribution in [-0.4, -0.2) is 68.6 Å². The molecule has 0 radical (unpaired) electrons. The third-order valence-electron chi connectivity index (χ3n) is 6.66. The molecule has 0 aromatic heterocycles. The summed E-state index contributed by atoms with van der Waals surface area (Å²) in [4.78, 5) is 12.5. The third kappa shape index (κ3) is 3.27. The molecule has 1 saturated heterocycles. The van der Waals surface area contributed by atoms with Gasteiger partial charge in [-0.25, -0.2) is 0 Å². The van der Waals surface area contributed by atoms with E-state index in [4.69, 9.17) is 18.9 Å². The average molecular weight is 494 g/mol. The highest BCUT2D eigenvalue weighted by Gasteiger charge is 2.47. The summed E-state index contributed by atoms with van der Waals surface area (Å²) in [5.74, 6) is -0.921. The van der Waals surface area contributed by atoms with E-state index >= 15 is 0 Å². The summed E-state index contributed by atoms with van der Waals surface area (Å²) in [5.41, 5.74) is 0.456. The fraction of sp³-hybridized carbons (Fsp3) is 0.269. The third-order valence-corrected chi connectivity index (χ3v) is 6.66. The number of hydrogen-bond acceptors (Lipinski definition) is 10. The number of phenols is 1. The minimum Gasteiger partial charge on any atom is -0.507 e. The molecular formula is C26H22O10. The summed E-state index contributed by atoms with van der Waals surface area (Å²) < 4.78 is 23.9. The van der Waals surface area contributed by atoms with Gasteiger partial charge in [-0.1, -0.05) is 18.2 Å². The highest BCUT2D eigenvalue weighted by molar-refractivity contribution is 6.09. The van der Waals surface area contributed by atoms with Crippen molar-refractivity contribution in [2.75, 3.05) is 6.61 Å². The molecule has 3 aromatic carbocycles. The maximum Gasteiger partial charge on any atom is 0.299 e. The Bertz CT molecular complexity index is 1380. The van der Waals surface area contributed by atoms with Crippen molar-refractivity contribution in [2.24, 2.45) is 0 Å². The van der Waals surface area contributed by atoms with Gasteiger partial charge in [-0.05, 0) is 36.4 Å². The first-order valence-corrected chi connectivity index (χ1v) is 11.3. The number of rotatable bonds is 3. The minimum absolute atomic E-state index is 0.0956. The van der Waals surface area contributed by atoms with Gasteiger partial charge in [0.15, 0.2) is 5.78 Å². The second-order valence-electron chi connectivity index (χ2n) is 8.82. The number of hydrogen-bond donors (Lipinski definition) is 5. The lowest BCUT2D eigenvalue weighted by Crippen LogP contribution is -2.60. The molecule has 1 spiro atoms. The Balaban J connectivity index is 1.39. The number of aromatic hydroxyl groups is 1. The van der Waals surface area contributed by atoms with Gasteiger partial charge in [0.25, 0.3) is 5.79 Å². The topological polar surface area (TPSA) is 155 Å². The number of aliphatic hydroxyl groups is 4. The Labute approximate surface area is 204 Å². The number of carbonyl (C=O) groups is 1. The average Bonchev–Trinajstić information content (AvgIpc) is 2.88. The molecule has 0 amide bonds. The van der Waals surface area contributed by atoms with Gasteiger partial charge in [0, 0.05) is 11.5 Å². The first-order chi connectivity index (χ1) is 17.3. The predicted molar refractivity (Wildman–Crippen MR) is 123 cm³/mol. The van der Waals surface area contributed by atoms with E-state index in [0.717, 1.165) is 0 Å². The second-order valence-corrected chi connectivity index (χ2v) is 8.82. The van der Waals surface area contributed by atoms with Gasteiger partial charge in [-0.15, -0.1) is 0 Å². The standard InChI is InChI=1S/C26H22O10/c27-11-19-22(30)23(31)24(32)25(34-19)33-16-7-8-18-20-12(16)3-1-6-17(20)35-26(36-18)10-9-15(29)21-13(26)4-2-5-14(21)28/h1-10,19,22-25,27-28,30-32H,11H2. The van der Waals surface area contributed by atoms with Crippen LogP contribution < -0.4 is 14.2 Å². The quantitative estimate of drug-likeness (QED) is 0.357. The number of ether oxygens (including phenoxy) is 4. The number of carbonyl (C=O) groups excluding carboxylic acids is 1. The normalized spacial score (nSPS) is 30.6. The van der Waals surface area contributed by atoms with Crippen molar-refractivity contribution in [2.45, 2.75) is 36.5 Å². The molecule has 5 N–H and O–H groups in total. The Hall–Kier alpha value is -3.67. The molecule has 3 aliphatic rings. The highest BCUT2D eigenvalue weighted by Crippen LogP contribution is 2.50. The Morgan fingerprint density at radius 1 is 0.917 bits per heavy atom. The molecule has 1 aliphatic carbocycles. The number of allylic oxidation sites excluding steroid dienone is 1. The lowest BCUT2D eigenvalue weighted by atomic mass is 9.89. The molecule has 10 nitrogen and oxygen atoms in total. The van der Waals surface area contributed by atoms with E-state index in [2.05, 4.69) is 0 Å². The van der Waals surface area contributed by atoms with Crippen LogP contribution in [0, 0.1) is 0 Å². The maximum atomic E-state index is 12.5. The summed E-state index contributed by atoms with van der Waals surface area (Å²) in [6, 6.07) is 13.1. The zero-order valence-corrected chi connectivity index (χ0v) is 18.6. The summed E-state index contributed by atoms with van der Waals surface area (Å²) in [6.07, 6.45) is -4.34. The van der Waals surface area contributed by atoms with E-state index in [1.54, 1.807) is 42.5 Å². The molecule has 2 aliphatic heterocycles. The van der Waals surface area contributed by atoms with E-state index < -0.39 is 43.1 Å². The van der Waals surface area contributed by atoms with Crippen LogP contribution in [0.4, 0.5) is 0 Å². The van der Waals surface area contributed by atoms with Crippen molar-refractivity contribution in [3.8, 4) is 23.0 Å². The van der Waals surface area contributed by atoms with Crippen molar-refractivity contribution < 1.29 is 49.3 Å². The molecular weight excluding hydrogens is 472 g/mol. The molecule has 6 atom stereocenters. The summed E-state index contributed by atoms with van der Waals surface area (Å²) in [7, 11) is 0. The first kappa shape index (κ1) is 22.8. The van der Waals surface area contributed by atoms with E-state index in [1.807, 2.05) is 0 Å². The molecule has 186 valence electrons. The van der Waals surface area contributed by atoms with Crippen LogP contribution in [0.2, 0.25) is 0 Å². The molecule has 36 heavy (non-hydrogen) atoms. The first-order valence-electron chi connectivity index (χ1n) is 11.3. The van der Waals surface area contributed by atoms with Crippen LogP contribution in [0.3, 0.4) is 0 Å². The number of aliphatic hydroxyl groups excluding tert-OH is 4. The molecule has 3 aromatic rings. The van der Waals surface area contributed by atoms with Crippen molar-refractivity contribution in [1.29, 1.82) is 0 Å². The smallest absolute Gasteiger partial charge is 0.299 e. The van der Waals surface area contributed by atoms with Gasteiger partial charge in [0.05, 0.1) is 23.1 Å². The number of fused-ring (bicyclic) bond motifs is 2. The molecule has 2 heterocycles. The zero-order chi connectivity index (χ0) is 25.2.